The van der Waals surface area contributed by atoms with Crippen LogP contribution < -0.4 is 4.74 Å². The number of aryl methyl sites for hydroxylation is 1. The molecule has 0 fully saturated rings. The molecule has 1 unspecified atom stereocenters. The van der Waals surface area contributed by atoms with E-state index in [1.165, 1.54) is 81.8 Å². The van der Waals surface area contributed by atoms with E-state index >= 15 is 0 Å². The van der Waals surface area contributed by atoms with Crippen molar-refractivity contribution in [3.8, 4) is 5.75 Å². The predicted molar refractivity (Wildman–Crippen MR) is 159 cm³/mol. The van der Waals surface area contributed by atoms with Gasteiger partial charge in [-0.3, -0.25) is 4.79 Å². The van der Waals surface area contributed by atoms with Gasteiger partial charge >= 0.3 is 5.97 Å². The Morgan fingerprint density at radius 2 is 1.34 bits per heavy atom. The van der Waals surface area contributed by atoms with Gasteiger partial charge in [0, 0.05) is 5.56 Å². The average molecular weight is 525 g/mol. The molecular weight excluding hydrogens is 470 g/mol. The van der Waals surface area contributed by atoms with E-state index in [0.29, 0.717) is 6.42 Å². The van der Waals surface area contributed by atoms with Crippen molar-refractivity contribution < 1.29 is 18.8 Å². The fourth-order valence-electron chi connectivity index (χ4n) is 4.83. The van der Waals surface area contributed by atoms with Gasteiger partial charge in [0.15, 0.2) is 0 Å². The highest BCUT2D eigenvalue weighted by Gasteiger charge is 2.19. The van der Waals surface area contributed by atoms with Crippen molar-refractivity contribution in [2.75, 3.05) is 27.2 Å². The Labute approximate surface area is 233 Å². The van der Waals surface area contributed by atoms with Crippen LogP contribution in [0.1, 0.15) is 102 Å². The minimum atomic E-state index is -0.178. The largest absolute Gasteiger partial charge is 0.487 e. The van der Waals surface area contributed by atoms with Crippen molar-refractivity contribution >= 4 is 5.97 Å². The van der Waals surface area contributed by atoms with Gasteiger partial charge in [-0.05, 0) is 37.5 Å². The smallest absolute Gasteiger partial charge is 0.311 e. The number of hydrogen-bond acceptors (Lipinski definition) is 3. The van der Waals surface area contributed by atoms with Gasteiger partial charge in [0.2, 0.25) is 0 Å². The summed E-state index contributed by atoms with van der Waals surface area (Å²) in [6, 6.07) is 18.8. The molecule has 2 rings (SSSR count). The van der Waals surface area contributed by atoms with E-state index in [1.807, 2.05) is 25.1 Å². The molecule has 0 aliphatic rings. The minimum absolute atomic E-state index is 0.165. The predicted octanol–water partition coefficient (Wildman–Crippen LogP) is 8.52. The molecule has 0 radical (unpaired) electrons. The lowest BCUT2D eigenvalue weighted by atomic mass is 10.0. The highest BCUT2D eigenvalue weighted by atomic mass is 16.6. The Hall–Kier alpha value is -2.33. The lowest BCUT2D eigenvalue weighted by molar-refractivity contribution is -0.903. The summed E-state index contributed by atoms with van der Waals surface area (Å²) in [6.45, 7) is 6.13. The Bertz CT molecular complexity index is 863. The number of unbranched alkanes of at least 4 members (excludes halogenated alkanes) is 10. The first-order chi connectivity index (χ1) is 18.4. The molecule has 212 valence electrons. The average Bonchev–Trinajstić information content (AvgIpc) is 2.91. The number of ether oxygens (including phenoxy) is 2. The van der Waals surface area contributed by atoms with Gasteiger partial charge in [0.05, 0.1) is 27.1 Å². The van der Waals surface area contributed by atoms with E-state index < -0.39 is 0 Å². The van der Waals surface area contributed by atoms with Crippen LogP contribution in [0, 0.1) is 0 Å². The Balaban J connectivity index is 1.53. The van der Waals surface area contributed by atoms with Gasteiger partial charge in [0.25, 0.3) is 0 Å². The SMILES string of the molecule is CCCCCCCCCCCCCc1ccc(OC(C)COC(=O)CC[N+](C)(C)Cc2ccccc2)cc1. The number of rotatable bonds is 21. The Morgan fingerprint density at radius 3 is 1.95 bits per heavy atom. The summed E-state index contributed by atoms with van der Waals surface area (Å²) >= 11 is 0. The number of carbonyl (C=O) groups excluding carboxylic acids is 1. The number of benzene rings is 2. The second-order valence-corrected chi connectivity index (χ2v) is 11.6. The van der Waals surface area contributed by atoms with E-state index in [0.717, 1.165) is 29.7 Å². The van der Waals surface area contributed by atoms with Crippen LogP contribution in [-0.4, -0.2) is 43.8 Å². The molecular formula is C34H54NO3+. The molecule has 0 bridgehead atoms. The molecule has 0 aliphatic carbocycles. The van der Waals surface area contributed by atoms with E-state index in [2.05, 4.69) is 57.4 Å². The number of nitrogens with zero attached hydrogens (tertiary/aromatic N) is 1. The molecule has 2 aromatic carbocycles. The van der Waals surface area contributed by atoms with Crippen molar-refractivity contribution in [2.24, 2.45) is 0 Å². The van der Waals surface area contributed by atoms with E-state index in [9.17, 15) is 4.79 Å². The van der Waals surface area contributed by atoms with Crippen LogP contribution in [0.5, 0.6) is 5.75 Å². The molecule has 2 aromatic rings. The third kappa shape index (κ3) is 15.2. The van der Waals surface area contributed by atoms with Crippen LogP contribution >= 0.6 is 0 Å². The molecule has 0 heterocycles. The van der Waals surface area contributed by atoms with Gasteiger partial charge in [-0.15, -0.1) is 0 Å². The standard InChI is InChI=1S/C34H54NO3/c1-5-6-7-8-9-10-11-12-13-14-16-19-31-22-24-33(25-23-31)38-30(2)29-37-34(36)26-27-35(3,4)28-32-20-17-15-18-21-32/h15,17-18,20-25,30H,5-14,16,19,26-29H2,1-4H3/q+1. The monoisotopic (exact) mass is 524 g/mol. The van der Waals surface area contributed by atoms with Crippen LogP contribution in [0.25, 0.3) is 0 Å². The number of esters is 1. The lowest BCUT2D eigenvalue weighted by Crippen LogP contribution is -2.40. The summed E-state index contributed by atoms with van der Waals surface area (Å²) in [7, 11) is 4.29. The molecule has 0 saturated carbocycles. The quantitative estimate of drug-likeness (QED) is 0.0932. The van der Waals surface area contributed by atoms with Crippen molar-refractivity contribution in [1.29, 1.82) is 0 Å². The van der Waals surface area contributed by atoms with Crippen LogP contribution in [-0.2, 0) is 22.5 Å². The first-order valence-electron chi connectivity index (χ1n) is 15.1. The first-order valence-corrected chi connectivity index (χ1v) is 15.1. The van der Waals surface area contributed by atoms with E-state index in [4.69, 9.17) is 9.47 Å². The third-order valence-electron chi connectivity index (χ3n) is 7.18. The number of quaternary nitrogens is 1. The van der Waals surface area contributed by atoms with Crippen molar-refractivity contribution in [3.05, 3.63) is 65.7 Å². The highest BCUT2D eigenvalue weighted by Crippen LogP contribution is 2.17. The first kappa shape index (κ1) is 31.9. The molecule has 1 atom stereocenters. The molecule has 4 heteroatoms. The summed E-state index contributed by atoms with van der Waals surface area (Å²) < 4.78 is 12.2. The highest BCUT2D eigenvalue weighted by molar-refractivity contribution is 5.69. The van der Waals surface area contributed by atoms with Gasteiger partial charge in [-0.2, -0.15) is 0 Å². The van der Waals surface area contributed by atoms with Crippen LogP contribution in [0.4, 0.5) is 0 Å². The fourth-order valence-corrected chi connectivity index (χ4v) is 4.83. The maximum atomic E-state index is 12.3. The van der Waals surface area contributed by atoms with Gasteiger partial charge in [0.1, 0.15) is 25.0 Å². The summed E-state index contributed by atoms with van der Waals surface area (Å²) in [5.74, 6) is 0.666. The third-order valence-corrected chi connectivity index (χ3v) is 7.18. The molecule has 38 heavy (non-hydrogen) atoms. The fraction of sp³-hybridized carbons (Fsp3) is 0.618. The molecule has 0 N–H and O–H groups in total. The normalized spacial score (nSPS) is 12.3. The molecule has 4 nitrogen and oxygen atoms in total. The van der Waals surface area contributed by atoms with Crippen LogP contribution in [0.15, 0.2) is 54.6 Å². The zero-order valence-electron chi connectivity index (χ0n) is 24.8. The number of carbonyl (C=O) groups is 1. The lowest BCUT2D eigenvalue weighted by Gasteiger charge is -2.29. The van der Waals surface area contributed by atoms with Gasteiger partial charge in [-0.25, -0.2) is 0 Å². The van der Waals surface area contributed by atoms with Crippen molar-refractivity contribution in [1.82, 2.24) is 0 Å². The number of hydrogen-bond donors (Lipinski definition) is 0. The van der Waals surface area contributed by atoms with Crippen LogP contribution in [0.3, 0.4) is 0 Å². The summed E-state index contributed by atoms with van der Waals surface area (Å²) in [5, 5.41) is 0. The maximum absolute atomic E-state index is 12.3. The zero-order valence-corrected chi connectivity index (χ0v) is 24.8. The van der Waals surface area contributed by atoms with E-state index in [-0.39, 0.29) is 18.7 Å². The Kier molecular flexibility index (Phi) is 15.8. The summed E-state index contributed by atoms with van der Waals surface area (Å²) in [5.41, 5.74) is 2.64. The molecule has 0 aromatic heterocycles. The van der Waals surface area contributed by atoms with Crippen LogP contribution in [0.2, 0.25) is 0 Å². The zero-order chi connectivity index (χ0) is 27.5. The summed E-state index contributed by atoms with van der Waals surface area (Å²) in [4.78, 5) is 12.3. The molecule has 0 aliphatic heterocycles. The maximum Gasteiger partial charge on any atom is 0.311 e. The van der Waals surface area contributed by atoms with Crippen molar-refractivity contribution in [3.63, 3.8) is 0 Å². The van der Waals surface area contributed by atoms with Crippen molar-refractivity contribution in [2.45, 2.75) is 110 Å². The van der Waals surface area contributed by atoms with E-state index in [1.54, 1.807) is 0 Å². The topological polar surface area (TPSA) is 35.5 Å². The Morgan fingerprint density at radius 1 is 0.763 bits per heavy atom. The summed E-state index contributed by atoms with van der Waals surface area (Å²) in [6.07, 6.45) is 16.5. The molecule has 0 amide bonds. The molecule has 0 saturated heterocycles. The second kappa shape index (κ2) is 18.8. The minimum Gasteiger partial charge on any atom is -0.487 e. The second-order valence-electron chi connectivity index (χ2n) is 11.6. The van der Waals surface area contributed by atoms with Gasteiger partial charge < -0.3 is 14.0 Å². The van der Waals surface area contributed by atoms with Gasteiger partial charge in [-0.1, -0.05) is 114 Å². The molecule has 0 spiro atoms.